The van der Waals surface area contributed by atoms with Crippen molar-refractivity contribution < 1.29 is 0 Å². The predicted octanol–water partition coefficient (Wildman–Crippen LogP) is 2.34. The molecule has 2 rings (SSSR count). The third kappa shape index (κ3) is 1.84. The zero-order valence-corrected chi connectivity index (χ0v) is 8.22. The van der Waals surface area contributed by atoms with E-state index in [1.165, 1.54) is 0 Å². The molecule has 0 radical (unpaired) electrons. The molecule has 0 aliphatic heterocycles. The molecule has 5 heteroatoms. The minimum absolute atomic E-state index is 0.498. The Hall–Kier alpha value is -1.00. The van der Waals surface area contributed by atoms with Crippen LogP contribution in [0.3, 0.4) is 0 Å². The van der Waals surface area contributed by atoms with E-state index < -0.39 is 0 Å². The molecular weight excluding hydrogens is 206 g/mol. The first-order valence-corrected chi connectivity index (χ1v) is 5.04. The zero-order valence-electron chi connectivity index (χ0n) is 6.64. The zero-order chi connectivity index (χ0) is 9.10. The Balaban J connectivity index is 2.36. The molecule has 0 aromatic carbocycles. The van der Waals surface area contributed by atoms with Gasteiger partial charge in [0.1, 0.15) is 10.7 Å². The summed E-state index contributed by atoms with van der Waals surface area (Å²) in [7, 11) is 0. The Morgan fingerprint density at radius 1 is 1.46 bits per heavy atom. The number of halogens is 1. The second-order valence-electron chi connectivity index (χ2n) is 2.37. The number of hydrogen-bond donors (Lipinski definition) is 0. The Morgan fingerprint density at radius 2 is 2.38 bits per heavy atom. The van der Waals surface area contributed by atoms with Crippen LogP contribution in [0.15, 0.2) is 24.5 Å². The molecule has 0 atom stereocenters. The quantitative estimate of drug-likeness (QED) is 0.716. The molecule has 66 valence electrons. The van der Waals surface area contributed by atoms with Crippen molar-refractivity contribution >= 4 is 22.9 Å². The molecule has 13 heavy (non-hydrogen) atoms. The lowest BCUT2D eigenvalue weighted by Gasteiger charge is -1.90. The fourth-order valence-corrected chi connectivity index (χ4v) is 1.86. The summed E-state index contributed by atoms with van der Waals surface area (Å²) < 4.78 is 0. The van der Waals surface area contributed by atoms with Gasteiger partial charge in [-0.2, -0.15) is 5.10 Å². The van der Waals surface area contributed by atoms with Crippen molar-refractivity contribution in [2.75, 3.05) is 0 Å². The van der Waals surface area contributed by atoms with Crippen LogP contribution in [0.1, 0.15) is 4.88 Å². The predicted molar refractivity (Wildman–Crippen MR) is 52.7 cm³/mol. The van der Waals surface area contributed by atoms with Crippen LogP contribution in [0.5, 0.6) is 0 Å². The summed E-state index contributed by atoms with van der Waals surface area (Å²) >= 11 is 7.20. The van der Waals surface area contributed by atoms with Gasteiger partial charge in [-0.05, 0) is 12.1 Å². The molecule has 0 unspecified atom stereocenters. The van der Waals surface area contributed by atoms with Crippen LogP contribution < -0.4 is 0 Å². The second kappa shape index (κ2) is 3.81. The third-order valence-corrected chi connectivity index (χ3v) is 2.94. The lowest BCUT2D eigenvalue weighted by Crippen LogP contribution is -1.83. The molecule has 2 heterocycles. The van der Waals surface area contributed by atoms with E-state index in [0.29, 0.717) is 5.88 Å². The molecule has 0 N–H and O–H groups in total. The van der Waals surface area contributed by atoms with Gasteiger partial charge in [-0.15, -0.1) is 28.0 Å². The SMILES string of the molecule is ClCc1cnc(-c2cccnn2)s1. The third-order valence-electron chi connectivity index (χ3n) is 1.48. The van der Waals surface area contributed by atoms with Gasteiger partial charge in [0.15, 0.2) is 0 Å². The van der Waals surface area contributed by atoms with E-state index in [9.17, 15) is 0 Å². The van der Waals surface area contributed by atoms with Crippen molar-refractivity contribution in [3.8, 4) is 10.7 Å². The van der Waals surface area contributed by atoms with Crippen molar-refractivity contribution in [3.05, 3.63) is 29.4 Å². The molecule has 2 aromatic rings. The van der Waals surface area contributed by atoms with E-state index >= 15 is 0 Å². The molecule has 0 saturated carbocycles. The molecule has 0 aliphatic rings. The number of aromatic nitrogens is 3. The minimum Gasteiger partial charge on any atom is -0.242 e. The van der Waals surface area contributed by atoms with E-state index in [4.69, 9.17) is 11.6 Å². The van der Waals surface area contributed by atoms with Gasteiger partial charge >= 0.3 is 0 Å². The fourth-order valence-electron chi connectivity index (χ4n) is 0.903. The maximum atomic E-state index is 5.66. The van der Waals surface area contributed by atoms with E-state index in [1.807, 2.05) is 12.1 Å². The smallest absolute Gasteiger partial charge is 0.143 e. The number of hydrogen-bond acceptors (Lipinski definition) is 4. The largest absolute Gasteiger partial charge is 0.242 e. The van der Waals surface area contributed by atoms with Gasteiger partial charge in [-0.1, -0.05) is 0 Å². The van der Waals surface area contributed by atoms with Crippen molar-refractivity contribution in [1.29, 1.82) is 0 Å². The van der Waals surface area contributed by atoms with Crippen LogP contribution >= 0.6 is 22.9 Å². The molecule has 0 fully saturated rings. The number of nitrogens with zero attached hydrogens (tertiary/aromatic N) is 3. The lowest BCUT2D eigenvalue weighted by molar-refractivity contribution is 1.03. The highest BCUT2D eigenvalue weighted by molar-refractivity contribution is 7.15. The van der Waals surface area contributed by atoms with Crippen LogP contribution in [0.25, 0.3) is 10.7 Å². The first kappa shape index (κ1) is 8.59. The van der Waals surface area contributed by atoms with Crippen LogP contribution in [0.2, 0.25) is 0 Å². The van der Waals surface area contributed by atoms with Crippen LogP contribution in [-0.2, 0) is 5.88 Å². The summed E-state index contributed by atoms with van der Waals surface area (Å²) in [5.41, 5.74) is 0.795. The maximum Gasteiger partial charge on any atom is 0.143 e. The molecule has 0 amide bonds. The standard InChI is InChI=1S/C8H6ClN3S/c9-4-6-5-10-8(13-6)7-2-1-3-11-12-7/h1-3,5H,4H2. The van der Waals surface area contributed by atoms with Crippen molar-refractivity contribution in [2.45, 2.75) is 5.88 Å². The Morgan fingerprint density at radius 3 is 3.00 bits per heavy atom. The van der Waals surface area contributed by atoms with Gasteiger partial charge in [0.2, 0.25) is 0 Å². The normalized spacial score (nSPS) is 10.2. The first-order chi connectivity index (χ1) is 6.40. The average molecular weight is 212 g/mol. The molecule has 3 nitrogen and oxygen atoms in total. The highest BCUT2D eigenvalue weighted by Crippen LogP contribution is 2.23. The Labute approximate surface area is 84.4 Å². The van der Waals surface area contributed by atoms with Crippen LogP contribution in [0, 0.1) is 0 Å². The van der Waals surface area contributed by atoms with Crippen molar-refractivity contribution in [1.82, 2.24) is 15.2 Å². The van der Waals surface area contributed by atoms with Crippen LogP contribution in [0.4, 0.5) is 0 Å². The van der Waals surface area contributed by atoms with Crippen molar-refractivity contribution in [2.24, 2.45) is 0 Å². The summed E-state index contributed by atoms with van der Waals surface area (Å²) in [4.78, 5) is 5.23. The summed E-state index contributed by atoms with van der Waals surface area (Å²) in [6.45, 7) is 0. The maximum absolute atomic E-state index is 5.66. The van der Waals surface area contributed by atoms with Gasteiger partial charge in [-0.3, -0.25) is 0 Å². The topological polar surface area (TPSA) is 38.7 Å². The van der Waals surface area contributed by atoms with Gasteiger partial charge < -0.3 is 0 Å². The summed E-state index contributed by atoms with van der Waals surface area (Å²) in [6, 6.07) is 3.72. The highest BCUT2D eigenvalue weighted by Gasteiger charge is 2.04. The highest BCUT2D eigenvalue weighted by atomic mass is 35.5. The summed E-state index contributed by atoms with van der Waals surface area (Å²) in [5, 5.41) is 8.60. The van der Waals surface area contributed by atoms with E-state index in [2.05, 4.69) is 15.2 Å². The summed E-state index contributed by atoms with van der Waals surface area (Å²) in [6.07, 6.45) is 3.40. The van der Waals surface area contributed by atoms with Gasteiger partial charge in [0.05, 0.1) is 5.88 Å². The van der Waals surface area contributed by atoms with Gasteiger partial charge in [-0.25, -0.2) is 4.98 Å². The lowest BCUT2D eigenvalue weighted by atomic mass is 10.4. The van der Waals surface area contributed by atoms with Gasteiger partial charge in [0.25, 0.3) is 0 Å². The number of thiazole rings is 1. The minimum atomic E-state index is 0.498. The number of alkyl halides is 1. The number of rotatable bonds is 2. The Kier molecular flexibility index (Phi) is 2.52. The molecule has 2 aromatic heterocycles. The molecule has 0 aliphatic carbocycles. The first-order valence-electron chi connectivity index (χ1n) is 3.69. The van der Waals surface area contributed by atoms with Crippen molar-refractivity contribution in [3.63, 3.8) is 0 Å². The fraction of sp³-hybridized carbons (Fsp3) is 0.125. The van der Waals surface area contributed by atoms with E-state index in [-0.39, 0.29) is 0 Å². The molecule has 0 spiro atoms. The average Bonchev–Trinajstić information content (AvgIpc) is 2.67. The molecular formula is C8H6ClN3S. The second-order valence-corrected chi connectivity index (χ2v) is 3.76. The molecule has 0 bridgehead atoms. The van der Waals surface area contributed by atoms with E-state index in [1.54, 1.807) is 23.7 Å². The van der Waals surface area contributed by atoms with E-state index in [0.717, 1.165) is 15.6 Å². The monoisotopic (exact) mass is 211 g/mol. The van der Waals surface area contributed by atoms with Gasteiger partial charge in [0, 0.05) is 17.3 Å². The van der Waals surface area contributed by atoms with Crippen LogP contribution in [-0.4, -0.2) is 15.2 Å². The summed E-state index contributed by atoms with van der Waals surface area (Å²) in [5.74, 6) is 0.498. The molecule has 0 saturated heterocycles. The Bertz CT molecular complexity index is 387.